The predicted molar refractivity (Wildman–Crippen MR) is 129 cm³/mol. The maximum absolute atomic E-state index is 13.0. The van der Waals surface area contributed by atoms with Crippen molar-refractivity contribution in [2.75, 3.05) is 7.11 Å². The number of ether oxygens (including phenoxy) is 4. The van der Waals surface area contributed by atoms with Crippen LogP contribution in [0, 0.1) is 6.92 Å². The first kappa shape index (κ1) is 23.4. The molecule has 3 aromatic carbocycles. The van der Waals surface area contributed by atoms with E-state index in [9.17, 15) is 9.90 Å². The summed E-state index contributed by atoms with van der Waals surface area (Å²) in [4.78, 5) is 13.0. The van der Waals surface area contributed by atoms with Crippen LogP contribution in [-0.2, 0) is 18.0 Å². The fourth-order valence-corrected chi connectivity index (χ4v) is 3.99. The summed E-state index contributed by atoms with van der Waals surface area (Å²) in [6, 6.07) is 17.0. The van der Waals surface area contributed by atoms with Gasteiger partial charge in [0, 0.05) is 11.1 Å². The van der Waals surface area contributed by atoms with Crippen LogP contribution >= 0.6 is 0 Å². The van der Waals surface area contributed by atoms with Gasteiger partial charge >= 0.3 is 5.97 Å². The monoisotopic (exact) mass is 460 g/mol. The minimum atomic E-state index is -0.879. The van der Waals surface area contributed by atoms with Crippen molar-refractivity contribution >= 4 is 5.97 Å². The van der Waals surface area contributed by atoms with Gasteiger partial charge in [-0.2, -0.15) is 0 Å². The van der Waals surface area contributed by atoms with E-state index in [2.05, 4.69) is 6.58 Å². The van der Waals surface area contributed by atoms with Crippen LogP contribution in [-0.4, -0.2) is 18.2 Å². The van der Waals surface area contributed by atoms with Crippen LogP contribution in [0.2, 0.25) is 0 Å². The van der Waals surface area contributed by atoms with Crippen LogP contribution in [0.3, 0.4) is 0 Å². The van der Waals surface area contributed by atoms with Gasteiger partial charge in [0.2, 0.25) is 0 Å². The molecule has 0 amide bonds. The van der Waals surface area contributed by atoms with Gasteiger partial charge in [0.1, 0.15) is 30.3 Å². The van der Waals surface area contributed by atoms with Crippen molar-refractivity contribution in [1.29, 1.82) is 0 Å². The molecule has 6 heteroatoms. The van der Waals surface area contributed by atoms with E-state index in [-0.39, 0.29) is 23.7 Å². The van der Waals surface area contributed by atoms with Gasteiger partial charge < -0.3 is 24.1 Å². The first-order chi connectivity index (χ1) is 16.4. The lowest BCUT2D eigenvalue weighted by Crippen LogP contribution is -2.15. The van der Waals surface area contributed by atoms with Gasteiger partial charge in [0.25, 0.3) is 0 Å². The molecule has 1 heterocycles. The molecule has 0 saturated carbocycles. The van der Waals surface area contributed by atoms with E-state index in [0.29, 0.717) is 35.7 Å². The molecule has 0 aromatic heterocycles. The normalized spacial score (nSPS) is 13.4. The molecular weight excluding hydrogens is 432 g/mol. The number of benzene rings is 3. The fraction of sp³-hybridized carbons (Fsp3) is 0.250. The smallest absolute Gasteiger partial charge is 0.346 e. The summed E-state index contributed by atoms with van der Waals surface area (Å²) < 4.78 is 23.6. The SMILES string of the molecule is C=C(C)CC(O)c1ccc2c(c1OC)C(=O)OCc1cc(C)cc(OCc3ccccc3)c1O2. The number of hydrogen-bond acceptors (Lipinski definition) is 6. The summed E-state index contributed by atoms with van der Waals surface area (Å²) in [5.74, 6) is 0.928. The zero-order chi connectivity index (χ0) is 24.2. The number of carbonyl (C=O) groups is 1. The van der Waals surface area contributed by atoms with Crippen molar-refractivity contribution in [3.8, 4) is 23.0 Å². The predicted octanol–water partition coefficient (Wildman–Crippen LogP) is 6.04. The Morgan fingerprint density at radius 3 is 2.65 bits per heavy atom. The Kier molecular flexibility index (Phi) is 6.89. The molecule has 0 spiro atoms. The van der Waals surface area contributed by atoms with Crippen molar-refractivity contribution in [1.82, 2.24) is 0 Å². The van der Waals surface area contributed by atoms with Crippen LogP contribution in [0.5, 0.6) is 23.0 Å². The molecule has 1 atom stereocenters. The Hall–Kier alpha value is -3.77. The van der Waals surface area contributed by atoms with E-state index in [1.54, 1.807) is 12.1 Å². The Labute approximate surface area is 199 Å². The minimum absolute atomic E-state index is 0.0126. The molecule has 1 N–H and O–H groups in total. The first-order valence-corrected chi connectivity index (χ1v) is 11.1. The number of methoxy groups -OCH3 is 1. The number of aliphatic hydroxyl groups excluding tert-OH is 1. The van der Waals surface area contributed by atoms with Crippen molar-refractivity contribution in [2.45, 2.75) is 39.6 Å². The number of hydrogen-bond donors (Lipinski definition) is 1. The summed E-state index contributed by atoms with van der Waals surface area (Å²) >= 11 is 0. The highest BCUT2D eigenvalue weighted by atomic mass is 16.6. The minimum Gasteiger partial charge on any atom is -0.495 e. The number of rotatable bonds is 7. The number of fused-ring (bicyclic) bond motifs is 2. The Bertz CT molecular complexity index is 1220. The number of aliphatic hydroxyl groups is 1. The van der Waals surface area contributed by atoms with E-state index in [0.717, 1.165) is 16.7 Å². The standard InChI is InChI=1S/C28H28O6/c1-17(2)12-22(29)21-10-11-23-25(27(21)31-4)28(30)33-16-20-13-18(3)14-24(26(20)34-23)32-15-19-8-6-5-7-9-19/h5-11,13-14,22,29H,1,12,15-16H2,2-4H3. The molecule has 3 aromatic rings. The van der Waals surface area contributed by atoms with Crippen LogP contribution < -0.4 is 14.2 Å². The number of cyclic esters (lactones) is 1. The van der Waals surface area contributed by atoms with Crippen LogP contribution in [0.25, 0.3) is 0 Å². The number of carbonyl (C=O) groups excluding carboxylic acids is 1. The molecule has 1 aliphatic rings. The average Bonchev–Trinajstić information content (AvgIpc) is 2.81. The van der Waals surface area contributed by atoms with Gasteiger partial charge in [-0.05, 0) is 55.7 Å². The number of aryl methyl sites for hydroxylation is 1. The molecule has 1 unspecified atom stereocenters. The fourth-order valence-electron chi connectivity index (χ4n) is 3.99. The van der Waals surface area contributed by atoms with Crippen molar-refractivity contribution < 1.29 is 28.8 Å². The maximum Gasteiger partial charge on any atom is 0.346 e. The van der Waals surface area contributed by atoms with Gasteiger partial charge in [-0.1, -0.05) is 35.9 Å². The third-order valence-corrected chi connectivity index (χ3v) is 5.54. The zero-order valence-electron chi connectivity index (χ0n) is 19.6. The van der Waals surface area contributed by atoms with E-state index in [1.165, 1.54) is 7.11 Å². The summed E-state index contributed by atoms with van der Waals surface area (Å²) in [5.41, 5.74) is 4.08. The quantitative estimate of drug-likeness (QED) is 0.342. The van der Waals surface area contributed by atoms with Gasteiger partial charge in [0.05, 0.1) is 13.2 Å². The van der Waals surface area contributed by atoms with Crippen LogP contribution in [0.15, 0.2) is 66.7 Å². The molecule has 0 radical (unpaired) electrons. The Balaban J connectivity index is 1.75. The maximum atomic E-state index is 13.0. The number of esters is 1. The summed E-state index contributed by atoms with van der Waals surface area (Å²) in [5, 5.41) is 10.7. The third-order valence-electron chi connectivity index (χ3n) is 5.54. The van der Waals surface area contributed by atoms with Gasteiger partial charge in [-0.3, -0.25) is 0 Å². The van der Waals surface area contributed by atoms with E-state index in [1.807, 2.05) is 56.3 Å². The Morgan fingerprint density at radius 1 is 1.18 bits per heavy atom. The van der Waals surface area contributed by atoms with Gasteiger partial charge in [0.15, 0.2) is 11.5 Å². The third kappa shape index (κ3) is 4.92. The summed E-state index contributed by atoms with van der Waals surface area (Å²) in [6.45, 7) is 8.01. The van der Waals surface area contributed by atoms with Gasteiger partial charge in [-0.15, -0.1) is 6.58 Å². The first-order valence-electron chi connectivity index (χ1n) is 11.1. The lowest BCUT2D eigenvalue weighted by molar-refractivity contribution is 0.0453. The van der Waals surface area contributed by atoms with Crippen molar-refractivity contribution in [3.05, 3.63) is 94.6 Å². The zero-order valence-corrected chi connectivity index (χ0v) is 19.6. The second-order valence-corrected chi connectivity index (χ2v) is 8.44. The molecule has 6 nitrogen and oxygen atoms in total. The lowest BCUT2D eigenvalue weighted by atomic mass is 9.98. The second kappa shape index (κ2) is 10.0. The second-order valence-electron chi connectivity index (χ2n) is 8.44. The molecule has 0 fully saturated rings. The highest BCUT2D eigenvalue weighted by Crippen LogP contribution is 2.44. The summed E-state index contributed by atoms with van der Waals surface area (Å²) in [7, 11) is 1.45. The van der Waals surface area contributed by atoms with Crippen LogP contribution in [0.1, 0.15) is 52.1 Å². The highest BCUT2D eigenvalue weighted by Gasteiger charge is 2.30. The topological polar surface area (TPSA) is 74.2 Å². The molecule has 176 valence electrons. The molecule has 0 bridgehead atoms. The van der Waals surface area contributed by atoms with Crippen molar-refractivity contribution in [2.24, 2.45) is 0 Å². The molecule has 0 aliphatic carbocycles. The van der Waals surface area contributed by atoms with Crippen LogP contribution in [0.4, 0.5) is 0 Å². The van der Waals surface area contributed by atoms with Gasteiger partial charge in [-0.25, -0.2) is 4.79 Å². The van der Waals surface area contributed by atoms with E-state index < -0.39 is 12.1 Å². The molecule has 4 rings (SSSR count). The summed E-state index contributed by atoms with van der Waals surface area (Å²) in [6.07, 6.45) is -0.541. The van der Waals surface area contributed by atoms with E-state index in [4.69, 9.17) is 18.9 Å². The molecular formula is C28H28O6. The molecule has 34 heavy (non-hydrogen) atoms. The Morgan fingerprint density at radius 2 is 1.94 bits per heavy atom. The highest BCUT2D eigenvalue weighted by molar-refractivity contribution is 5.96. The molecule has 1 aliphatic heterocycles. The van der Waals surface area contributed by atoms with Crippen molar-refractivity contribution in [3.63, 3.8) is 0 Å². The molecule has 0 saturated heterocycles. The lowest BCUT2D eigenvalue weighted by Gasteiger charge is -2.24. The average molecular weight is 461 g/mol. The largest absolute Gasteiger partial charge is 0.495 e. The van der Waals surface area contributed by atoms with E-state index >= 15 is 0 Å².